The highest BCUT2D eigenvalue weighted by molar-refractivity contribution is 5.78. The van der Waals surface area contributed by atoms with E-state index in [-0.39, 0.29) is 11.8 Å². The molecule has 1 N–H and O–H groups in total. The van der Waals surface area contributed by atoms with E-state index in [2.05, 4.69) is 53.9 Å². The van der Waals surface area contributed by atoms with Crippen molar-refractivity contribution in [3.05, 3.63) is 83.4 Å². The minimum atomic E-state index is 0.135. The molecule has 0 radical (unpaired) electrons. The zero-order valence-corrected chi connectivity index (χ0v) is 14.5. The lowest BCUT2D eigenvalue weighted by Gasteiger charge is -2.17. The maximum Gasteiger partial charge on any atom is 0.223 e. The molecule has 0 saturated carbocycles. The van der Waals surface area contributed by atoms with Crippen molar-refractivity contribution in [1.82, 2.24) is 5.32 Å². The molecular formula is C22H25NO2. The fraction of sp³-hybridized carbons (Fsp3) is 0.318. The van der Waals surface area contributed by atoms with Crippen molar-refractivity contribution in [2.24, 2.45) is 5.92 Å². The van der Waals surface area contributed by atoms with Gasteiger partial charge in [0.2, 0.25) is 5.91 Å². The van der Waals surface area contributed by atoms with Gasteiger partial charge in [-0.15, -0.1) is 0 Å². The van der Waals surface area contributed by atoms with Gasteiger partial charge in [-0.2, -0.15) is 0 Å². The van der Waals surface area contributed by atoms with Crippen LogP contribution in [0.3, 0.4) is 0 Å². The van der Waals surface area contributed by atoms with Gasteiger partial charge in [0.25, 0.3) is 0 Å². The smallest absolute Gasteiger partial charge is 0.223 e. The Labute approximate surface area is 149 Å². The number of hydrogen-bond acceptors (Lipinski definition) is 2. The van der Waals surface area contributed by atoms with Gasteiger partial charge >= 0.3 is 0 Å². The Bertz CT molecular complexity index is 692. The van der Waals surface area contributed by atoms with Crippen LogP contribution in [0, 0.1) is 5.92 Å². The molecule has 0 fully saturated rings. The lowest BCUT2D eigenvalue weighted by Crippen LogP contribution is -2.30. The number of benzene rings is 2. The fourth-order valence-corrected chi connectivity index (χ4v) is 2.98. The molecule has 2 aromatic carbocycles. The topological polar surface area (TPSA) is 38.3 Å². The van der Waals surface area contributed by atoms with Crippen LogP contribution in [0.25, 0.3) is 0 Å². The molecule has 0 saturated heterocycles. The van der Waals surface area contributed by atoms with Crippen LogP contribution in [-0.4, -0.2) is 5.91 Å². The van der Waals surface area contributed by atoms with Gasteiger partial charge in [0.15, 0.2) is 0 Å². The van der Waals surface area contributed by atoms with Crippen LogP contribution in [0.15, 0.2) is 66.7 Å². The largest absolute Gasteiger partial charge is 0.372 e. The first kappa shape index (κ1) is 17.4. The quantitative estimate of drug-likeness (QED) is 0.763. The van der Waals surface area contributed by atoms with Crippen molar-refractivity contribution in [1.29, 1.82) is 0 Å². The Kier molecular flexibility index (Phi) is 6.41. The van der Waals surface area contributed by atoms with E-state index in [1.165, 1.54) is 5.56 Å². The summed E-state index contributed by atoms with van der Waals surface area (Å²) in [6, 6.07) is 18.4. The molecule has 1 aliphatic rings. The Morgan fingerprint density at radius 1 is 0.920 bits per heavy atom. The first-order valence-electron chi connectivity index (χ1n) is 8.93. The Balaban J connectivity index is 1.41. The summed E-state index contributed by atoms with van der Waals surface area (Å²) in [5.74, 6) is 0.301. The normalized spacial score (nSPS) is 16.6. The third kappa shape index (κ3) is 5.57. The van der Waals surface area contributed by atoms with Gasteiger partial charge < -0.3 is 10.1 Å². The first-order valence-corrected chi connectivity index (χ1v) is 8.93. The average molecular weight is 335 g/mol. The number of hydrogen-bond donors (Lipinski definition) is 1. The van der Waals surface area contributed by atoms with Gasteiger partial charge in [-0.3, -0.25) is 4.79 Å². The van der Waals surface area contributed by atoms with Crippen LogP contribution < -0.4 is 5.32 Å². The molecule has 1 unspecified atom stereocenters. The fourth-order valence-electron chi connectivity index (χ4n) is 2.98. The summed E-state index contributed by atoms with van der Waals surface area (Å²) < 4.78 is 5.75. The summed E-state index contributed by atoms with van der Waals surface area (Å²) >= 11 is 0. The molecule has 130 valence electrons. The second-order valence-corrected chi connectivity index (χ2v) is 6.49. The van der Waals surface area contributed by atoms with E-state index in [0.29, 0.717) is 19.8 Å². The van der Waals surface area contributed by atoms with E-state index >= 15 is 0 Å². The van der Waals surface area contributed by atoms with Crippen molar-refractivity contribution in [3.63, 3.8) is 0 Å². The Hall–Kier alpha value is -2.39. The monoisotopic (exact) mass is 335 g/mol. The highest BCUT2D eigenvalue weighted by Crippen LogP contribution is 2.18. The molecule has 3 rings (SSSR count). The van der Waals surface area contributed by atoms with Crippen molar-refractivity contribution in [2.75, 3.05) is 0 Å². The number of amides is 1. The standard InChI is InChI=1S/C22H25NO2/c24-22(21-9-5-2-6-10-21)23-15-18-11-13-20(14-12-18)17-25-16-19-7-3-1-4-8-19/h1-5,7-8,11-14,21H,6,9-10,15-17H2,(H,23,24). The van der Waals surface area contributed by atoms with Gasteiger partial charge in [-0.1, -0.05) is 66.7 Å². The molecule has 2 aromatic rings. The molecule has 0 aliphatic heterocycles. The van der Waals surface area contributed by atoms with E-state index in [1.54, 1.807) is 0 Å². The average Bonchev–Trinajstić information content (AvgIpc) is 2.68. The maximum atomic E-state index is 12.1. The van der Waals surface area contributed by atoms with Crippen LogP contribution in [-0.2, 0) is 29.3 Å². The lowest BCUT2D eigenvalue weighted by molar-refractivity contribution is -0.125. The summed E-state index contributed by atoms with van der Waals surface area (Å²) in [5.41, 5.74) is 3.44. The van der Waals surface area contributed by atoms with E-state index in [1.807, 2.05) is 18.2 Å². The van der Waals surface area contributed by atoms with E-state index in [0.717, 1.165) is 30.4 Å². The molecule has 3 nitrogen and oxygen atoms in total. The Morgan fingerprint density at radius 3 is 2.28 bits per heavy atom. The SMILES string of the molecule is O=C(NCc1ccc(COCc2ccccc2)cc1)C1CC=CCC1. The molecule has 1 amide bonds. The van der Waals surface area contributed by atoms with Crippen LogP contribution in [0.4, 0.5) is 0 Å². The molecular weight excluding hydrogens is 310 g/mol. The molecule has 1 aliphatic carbocycles. The summed E-state index contributed by atoms with van der Waals surface area (Å²) in [6.07, 6.45) is 7.10. The van der Waals surface area contributed by atoms with E-state index in [9.17, 15) is 4.79 Å². The van der Waals surface area contributed by atoms with Gasteiger partial charge in [-0.05, 0) is 36.0 Å². The van der Waals surface area contributed by atoms with E-state index in [4.69, 9.17) is 4.74 Å². The number of rotatable bonds is 7. The highest BCUT2D eigenvalue weighted by atomic mass is 16.5. The van der Waals surface area contributed by atoms with Crippen LogP contribution >= 0.6 is 0 Å². The van der Waals surface area contributed by atoms with Gasteiger partial charge in [0.1, 0.15) is 0 Å². The summed E-state index contributed by atoms with van der Waals surface area (Å²) in [6.45, 7) is 1.80. The second-order valence-electron chi connectivity index (χ2n) is 6.49. The second kappa shape index (κ2) is 9.19. The number of nitrogens with one attached hydrogen (secondary N) is 1. The van der Waals surface area contributed by atoms with Crippen LogP contribution in [0.5, 0.6) is 0 Å². The highest BCUT2D eigenvalue weighted by Gasteiger charge is 2.17. The molecule has 0 bridgehead atoms. The molecule has 1 atom stereocenters. The molecule has 0 heterocycles. The molecule has 0 spiro atoms. The summed E-state index contributed by atoms with van der Waals surface area (Å²) in [4.78, 5) is 12.1. The predicted molar refractivity (Wildman–Crippen MR) is 99.7 cm³/mol. The van der Waals surface area contributed by atoms with Crippen molar-refractivity contribution in [2.45, 2.75) is 39.0 Å². The third-order valence-electron chi connectivity index (χ3n) is 4.51. The first-order chi connectivity index (χ1) is 12.3. The van der Waals surface area contributed by atoms with Crippen molar-refractivity contribution >= 4 is 5.91 Å². The third-order valence-corrected chi connectivity index (χ3v) is 4.51. The number of allylic oxidation sites excluding steroid dienone is 2. The van der Waals surface area contributed by atoms with Gasteiger partial charge in [0.05, 0.1) is 13.2 Å². The molecule has 0 aromatic heterocycles. The van der Waals surface area contributed by atoms with Gasteiger partial charge in [-0.25, -0.2) is 0 Å². The Morgan fingerprint density at radius 2 is 1.60 bits per heavy atom. The summed E-state index contributed by atoms with van der Waals surface area (Å²) in [5, 5.41) is 3.05. The maximum absolute atomic E-state index is 12.1. The number of carbonyl (C=O) groups excluding carboxylic acids is 1. The minimum Gasteiger partial charge on any atom is -0.372 e. The zero-order chi connectivity index (χ0) is 17.3. The zero-order valence-electron chi connectivity index (χ0n) is 14.5. The minimum absolute atomic E-state index is 0.135. The van der Waals surface area contributed by atoms with Crippen LogP contribution in [0.2, 0.25) is 0 Å². The molecule has 3 heteroatoms. The predicted octanol–water partition coefficient (Wildman–Crippen LogP) is 4.38. The molecule has 25 heavy (non-hydrogen) atoms. The van der Waals surface area contributed by atoms with E-state index < -0.39 is 0 Å². The number of carbonyl (C=O) groups is 1. The number of ether oxygens (including phenoxy) is 1. The van der Waals surface area contributed by atoms with Crippen molar-refractivity contribution < 1.29 is 9.53 Å². The van der Waals surface area contributed by atoms with Crippen LogP contribution in [0.1, 0.15) is 36.0 Å². The van der Waals surface area contributed by atoms with Gasteiger partial charge in [0, 0.05) is 12.5 Å². The van der Waals surface area contributed by atoms with Crippen molar-refractivity contribution in [3.8, 4) is 0 Å². The lowest BCUT2D eigenvalue weighted by atomic mass is 9.93. The summed E-state index contributed by atoms with van der Waals surface area (Å²) in [7, 11) is 0.